The lowest BCUT2D eigenvalue weighted by molar-refractivity contribution is 0.399. The number of aliphatic hydroxyl groups is 1. The molecular formula is C2H4OS2. The number of hydrogen-bond acceptors (Lipinski definition) is 3. The van der Waals surface area contributed by atoms with Gasteiger partial charge in [-0.3, -0.25) is 0 Å². The summed E-state index contributed by atoms with van der Waals surface area (Å²) in [5, 5.41) is 7.00. The molecule has 1 nitrogen and oxygen atoms in total. The van der Waals surface area contributed by atoms with Crippen molar-refractivity contribution in [3.63, 3.8) is 0 Å². The Kier molecular flexibility index (Phi) is 54.3. The van der Waals surface area contributed by atoms with Gasteiger partial charge in [-0.2, -0.15) is 0 Å². The van der Waals surface area contributed by atoms with E-state index in [1.165, 1.54) is 0 Å². The van der Waals surface area contributed by atoms with E-state index in [1.54, 1.807) is 0 Å². The van der Waals surface area contributed by atoms with Crippen LogP contribution < -0.4 is 0 Å². The average molecular weight is 108 g/mol. The normalized spacial score (nSPS) is 2.80. The molecule has 0 atom stereocenters. The zero-order valence-corrected chi connectivity index (χ0v) is 4.40. The van der Waals surface area contributed by atoms with Crippen molar-refractivity contribution >= 4 is 28.7 Å². The Morgan fingerprint density at radius 2 is 1.40 bits per heavy atom. The van der Waals surface area contributed by atoms with E-state index in [9.17, 15) is 0 Å². The van der Waals surface area contributed by atoms with E-state index < -0.39 is 0 Å². The Balaban J connectivity index is 0. The second kappa shape index (κ2) is 30.4. The summed E-state index contributed by atoms with van der Waals surface area (Å²) in [5.41, 5.74) is 0. The molecule has 0 aromatic carbocycles. The summed E-state index contributed by atoms with van der Waals surface area (Å²) >= 11 is 7.92. The Bertz CT molecular complexity index is 28.6. The monoisotopic (exact) mass is 108 g/mol. The van der Waals surface area contributed by atoms with E-state index in [2.05, 4.69) is 24.4 Å². The molecule has 0 aliphatic heterocycles. The van der Waals surface area contributed by atoms with Gasteiger partial charge in [0.2, 0.25) is 0 Å². The minimum atomic E-state index is 1.00. The van der Waals surface area contributed by atoms with E-state index >= 15 is 0 Å². The van der Waals surface area contributed by atoms with Crippen LogP contribution in [0.3, 0.4) is 0 Å². The minimum Gasteiger partial charge on any atom is -0.400 e. The van der Waals surface area contributed by atoms with Crippen molar-refractivity contribution in [2.45, 2.75) is 0 Å². The summed E-state index contributed by atoms with van der Waals surface area (Å²) in [5.74, 6) is 0. The topological polar surface area (TPSA) is 20.2 Å². The molecule has 0 rings (SSSR count). The molecule has 0 radical (unpaired) electrons. The van der Waals surface area contributed by atoms with Crippen LogP contribution in [0.2, 0.25) is 0 Å². The van der Waals surface area contributed by atoms with Crippen molar-refractivity contribution in [2.75, 3.05) is 7.11 Å². The van der Waals surface area contributed by atoms with E-state index in [0.29, 0.717) is 0 Å². The van der Waals surface area contributed by atoms with Gasteiger partial charge in [-0.1, -0.05) is 0 Å². The molecule has 0 aromatic heterocycles. The first-order valence-corrected chi connectivity index (χ1v) is 1.67. The van der Waals surface area contributed by atoms with Crippen LogP contribution in [0.4, 0.5) is 0 Å². The second-order valence-electron chi connectivity index (χ2n) is 0.0833. The first-order valence-electron chi connectivity index (χ1n) is 0.855. The fourth-order valence-electron chi connectivity index (χ4n) is 0. The summed E-state index contributed by atoms with van der Waals surface area (Å²) in [4.78, 5) is 0. The maximum atomic E-state index is 7.00. The Morgan fingerprint density at radius 3 is 1.40 bits per heavy atom. The van der Waals surface area contributed by atoms with Crippen molar-refractivity contribution < 1.29 is 5.11 Å². The summed E-state index contributed by atoms with van der Waals surface area (Å²) in [6.07, 6.45) is 0. The molecule has 0 aliphatic rings. The van der Waals surface area contributed by atoms with Gasteiger partial charge in [-0.05, 0) is 24.4 Å². The highest BCUT2D eigenvalue weighted by Gasteiger charge is 1.01. The van der Waals surface area contributed by atoms with Crippen LogP contribution in [0, 0.1) is 0 Å². The molecule has 0 saturated heterocycles. The number of aliphatic hydroxyl groups excluding tert-OH is 1. The van der Waals surface area contributed by atoms with E-state index in [4.69, 9.17) is 5.11 Å². The van der Waals surface area contributed by atoms with Gasteiger partial charge in [0, 0.05) is 11.4 Å². The molecule has 5 heavy (non-hydrogen) atoms. The van der Waals surface area contributed by atoms with E-state index in [1.807, 2.05) is 4.31 Å². The molecule has 3 heteroatoms. The first kappa shape index (κ1) is 8.95. The highest BCUT2D eigenvalue weighted by Crippen LogP contribution is 1.29. The van der Waals surface area contributed by atoms with Gasteiger partial charge in [0.05, 0.1) is 0 Å². The van der Waals surface area contributed by atoms with Crippen LogP contribution in [0.1, 0.15) is 0 Å². The summed E-state index contributed by atoms with van der Waals surface area (Å²) in [7, 11) is 1.00. The van der Waals surface area contributed by atoms with Crippen LogP contribution in [-0.4, -0.2) is 16.5 Å². The number of hydrogen-bond donors (Lipinski definition) is 1. The lowest BCUT2D eigenvalue weighted by atomic mass is 11.8. The van der Waals surface area contributed by atoms with E-state index in [-0.39, 0.29) is 0 Å². The van der Waals surface area contributed by atoms with Gasteiger partial charge in [0.15, 0.2) is 0 Å². The van der Waals surface area contributed by atoms with Gasteiger partial charge in [0.1, 0.15) is 0 Å². The molecule has 0 spiro atoms. The van der Waals surface area contributed by atoms with Crippen LogP contribution in [0.25, 0.3) is 0 Å². The zero-order chi connectivity index (χ0) is 4.71. The molecule has 0 amide bonds. The van der Waals surface area contributed by atoms with Crippen molar-refractivity contribution in [1.82, 2.24) is 0 Å². The Morgan fingerprint density at radius 1 is 1.40 bits per heavy atom. The molecular weight excluding hydrogens is 104 g/mol. The lowest BCUT2D eigenvalue weighted by Gasteiger charge is -1.21. The maximum absolute atomic E-state index is 7.00. The van der Waals surface area contributed by atoms with Crippen molar-refractivity contribution in [3.05, 3.63) is 0 Å². The predicted octanol–water partition coefficient (Wildman–Crippen LogP) is 0.627. The Labute approximate surface area is 41.6 Å². The van der Waals surface area contributed by atoms with Gasteiger partial charge in [-0.25, -0.2) is 0 Å². The lowest BCUT2D eigenvalue weighted by Crippen LogP contribution is -1.25. The second-order valence-corrected chi connectivity index (χ2v) is 0.750. The van der Waals surface area contributed by atoms with Crippen LogP contribution in [0.5, 0.6) is 0 Å². The summed E-state index contributed by atoms with van der Waals surface area (Å²) in [6.45, 7) is 0. The van der Waals surface area contributed by atoms with Crippen LogP contribution in [-0.2, 0) is 0 Å². The quantitative estimate of drug-likeness (QED) is 0.459. The largest absolute Gasteiger partial charge is 0.400 e. The highest BCUT2D eigenvalue weighted by molar-refractivity contribution is 7.93. The smallest absolute Gasteiger partial charge is 0.0319 e. The summed E-state index contributed by atoms with van der Waals surface area (Å²) < 4.78 is 1.92. The molecule has 0 heterocycles. The third-order valence-electron chi connectivity index (χ3n) is 0. The maximum Gasteiger partial charge on any atom is 0.0319 e. The molecule has 0 bridgehead atoms. The number of rotatable bonds is 0. The van der Waals surface area contributed by atoms with Crippen LogP contribution >= 0.6 is 24.4 Å². The average Bonchev–Trinajstić information content (AvgIpc) is 1.46. The SMILES string of the molecule is CO.S=C=S. The van der Waals surface area contributed by atoms with Crippen molar-refractivity contribution in [2.24, 2.45) is 0 Å². The fraction of sp³-hybridized carbons (Fsp3) is 0.500. The zero-order valence-electron chi connectivity index (χ0n) is 2.76. The van der Waals surface area contributed by atoms with Crippen molar-refractivity contribution in [3.8, 4) is 0 Å². The first-order chi connectivity index (χ1) is 2.41. The standard InChI is InChI=1S/CH4O.CS2/c1-2;2-1-3/h2H,1H3;. The minimum absolute atomic E-state index is 1.00. The molecule has 0 aliphatic carbocycles. The third-order valence-corrected chi connectivity index (χ3v) is 0. The van der Waals surface area contributed by atoms with Gasteiger partial charge >= 0.3 is 0 Å². The Hall–Kier alpha value is 0.180. The van der Waals surface area contributed by atoms with Gasteiger partial charge in [-0.15, -0.1) is 0 Å². The van der Waals surface area contributed by atoms with Crippen molar-refractivity contribution in [1.29, 1.82) is 0 Å². The third kappa shape index (κ3) is 613. The molecule has 30 valence electrons. The predicted molar refractivity (Wildman–Crippen MR) is 28.3 cm³/mol. The van der Waals surface area contributed by atoms with Gasteiger partial charge in [0.25, 0.3) is 0 Å². The van der Waals surface area contributed by atoms with Gasteiger partial charge < -0.3 is 5.11 Å². The highest BCUT2D eigenvalue weighted by atomic mass is 32.1. The van der Waals surface area contributed by atoms with Crippen LogP contribution in [0.15, 0.2) is 0 Å². The fourth-order valence-corrected chi connectivity index (χ4v) is 0. The molecule has 0 fully saturated rings. The molecule has 1 N–H and O–H groups in total. The molecule has 0 aromatic rings. The number of thiocarbonyl (C=S) groups is 2. The molecule has 0 unspecified atom stereocenters. The van der Waals surface area contributed by atoms with E-state index in [0.717, 1.165) is 7.11 Å². The molecule has 0 saturated carbocycles. The summed E-state index contributed by atoms with van der Waals surface area (Å²) in [6, 6.07) is 0.